The minimum Gasteiger partial charge on any atom is -0.508 e. The number of nitrogens with zero attached hydrogens (tertiary/aromatic N) is 3. The Bertz CT molecular complexity index is 860. The van der Waals surface area contributed by atoms with Crippen molar-refractivity contribution in [2.45, 2.75) is 17.0 Å². The summed E-state index contributed by atoms with van der Waals surface area (Å²) in [6, 6.07) is 7.62. The first-order valence-electron chi connectivity index (χ1n) is 7.87. The normalized spacial score (nSPS) is 20.4. The Labute approximate surface area is 157 Å². The topological polar surface area (TPSA) is 123 Å². The Morgan fingerprint density at radius 3 is 2.63 bits per heavy atom. The quantitative estimate of drug-likeness (QED) is 0.712. The number of hydrogen-bond acceptors (Lipinski definition) is 6. The van der Waals surface area contributed by atoms with Gasteiger partial charge < -0.3 is 15.9 Å². The minimum absolute atomic E-state index is 0.0576. The molecule has 0 radical (unpaired) electrons. The summed E-state index contributed by atoms with van der Waals surface area (Å²) in [5.41, 5.74) is 4.41. The molecule has 0 amide bonds. The Kier molecular flexibility index (Phi) is 6.92. The zero-order chi connectivity index (χ0) is 20.0. The maximum absolute atomic E-state index is 12.7. The van der Waals surface area contributed by atoms with E-state index in [-0.39, 0.29) is 29.4 Å². The van der Waals surface area contributed by atoms with Crippen molar-refractivity contribution >= 4 is 11.0 Å². The molecule has 1 aliphatic rings. The molecule has 1 aromatic heterocycles. The van der Waals surface area contributed by atoms with Crippen LogP contribution in [-0.4, -0.2) is 48.9 Å². The standard InChI is InChI=1S/C10H14FN3O2S.C7H4FNO/c11-8-1-2-9(13-5-8)17(16)14-4-3-10(15,6-12)7-14;8-7-3-6(10)2-1-5(7)4-9/h1-2,5,15H,3-4,6-7,12H2;1-3,10H. The molecule has 2 heterocycles. The van der Waals surface area contributed by atoms with Gasteiger partial charge in [-0.2, -0.15) is 5.26 Å². The Balaban J connectivity index is 0.000000223. The van der Waals surface area contributed by atoms with Gasteiger partial charge in [0.2, 0.25) is 0 Å². The summed E-state index contributed by atoms with van der Waals surface area (Å²) in [5.74, 6) is -1.33. The fraction of sp³-hybridized carbons (Fsp3) is 0.294. The van der Waals surface area contributed by atoms with Crippen molar-refractivity contribution in [2.75, 3.05) is 19.6 Å². The number of nitriles is 1. The molecule has 2 aromatic rings. The van der Waals surface area contributed by atoms with Crippen LogP contribution in [0.3, 0.4) is 0 Å². The third-order valence-electron chi connectivity index (χ3n) is 3.86. The van der Waals surface area contributed by atoms with E-state index >= 15 is 0 Å². The first-order valence-corrected chi connectivity index (χ1v) is 8.98. The lowest BCUT2D eigenvalue weighted by molar-refractivity contribution is 0.0655. The van der Waals surface area contributed by atoms with Gasteiger partial charge in [-0.25, -0.2) is 22.3 Å². The van der Waals surface area contributed by atoms with Crippen LogP contribution < -0.4 is 5.73 Å². The molecule has 10 heteroatoms. The Hall–Kier alpha value is -2.45. The number of hydrogen-bond donors (Lipinski definition) is 3. The SMILES string of the molecule is N#Cc1ccc(O)cc1F.NCC1(O)CCN(S(=O)c2ccc(F)cn2)C1. The summed E-state index contributed by atoms with van der Waals surface area (Å²) in [6.07, 6.45) is 1.51. The second kappa shape index (κ2) is 8.96. The van der Waals surface area contributed by atoms with E-state index in [9.17, 15) is 18.1 Å². The van der Waals surface area contributed by atoms with E-state index in [1.54, 1.807) is 10.4 Å². The van der Waals surface area contributed by atoms with Gasteiger partial charge in [0, 0.05) is 25.7 Å². The van der Waals surface area contributed by atoms with Crippen LogP contribution in [0.25, 0.3) is 0 Å². The fourth-order valence-electron chi connectivity index (χ4n) is 2.32. The molecule has 2 atom stereocenters. The maximum atomic E-state index is 12.7. The van der Waals surface area contributed by atoms with Crippen LogP contribution in [0, 0.1) is 23.0 Å². The van der Waals surface area contributed by atoms with Crippen LogP contribution in [-0.2, 0) is 11.0 Å². The average Bonchev–Trinajstić information content (AvgIpc) is 3.05. The number of benzene rings is 1. The van der Waals surface area contributed by atoms with Gasteiger partial charge in [0.1, 0.15) is 39.5 Å². The molecule has 0 bridgehead atoms. The summed E-state index contributed by atoms with van der Waals surface area (Å²) >= 11 is 0. The van der Waals surface area contributed by atoms with Crippen molar-refractivity contribution < 1.29 is 23.2 Å². The lowest BCUT2D eigenvalue weighted by Gasteiger charge is -2.20. The van der Waals surface area contributed by atoms with E-state index in [1.807, 2.05) is 0 Å². The second-order valence-corrected chi connectivity index (χ2v) is 7.31. The predicted octanol–water partition coefficient (Wildman–Crippen LogP) is 1.04. The minimum atomic E-state index is -1.48. The van der Waals surface area contributed by atoms with Crippen molar-refractivity contribution in [3.63, 3.8) is 0 Å². The number of pyridine rings is 1. The van der Waals surface area contributed by atoms with Crippen molar-refractivity contribution in [2.24, 2.45) is 5.73 Å². The van der Waals surface area contributed by atoms with Gasteiger partial charge in [-0.3, -0.25) is 0 Å². The molecular weight excluding hydrogens is 378 g/mol. The van der Waals surface area contributed by atoms with Gasteiger partial charge >= 0.3 is 0 Å². The molecule has 0 aliphatic carbocycles. The van der Waals surface area contributed by atoms with E-state index < -0.39 is 28.2 Å². The van der Waals surface area contributed by atoms with Gasteiger partial charge in [-0.1, -0.05) is 0 Å². The van der Waals surface area contributed by atoms with E-state index in [0.717, 1.165) is 12.3 Å². The summed E-state index contributed by atoms with van der Waals surface area (Å²) in [4.78, 5) is 3.77. The van der Waals surface area contributed by atoms with Crippen LogP contribution in [0.15, 0.2) is 41.6 Å². The number of aliphatic hydroxyl groups is 1. The highest BCUT2D eigenvalue weighted by molar-refractivity contribution is 7.82. The molecule has 7 nitrogen and oxygen atoms in total. The van der Waals surface area contributed by atoms with E-state index in [0.29, 0.717) is 13.0 Å². The highest BCUT2D eigenvalue weighted by Crippen LogP contribution is 2.23. The van der Waals surface area contributed by atoms with Crippen molar-refractivity contribution in [3.05, 3.63) is 53.7 Å². The van der Waals surface area contributed by atoms with Crippen molar-refractivity contribution in [1.29, 1.82) is 5.26 Å². The van der Waals surface area contributed by atoms with Gasteiger partial charge in [-0.15, -0.1) is 0 Å². The molecule has 3 rings (SSSR count). The van der Waals surface area contributed by atoms with E-state index in [1.165, 1.54) is 24.3 Å². The third-order valence-corrected chi connectivity index (χ3v) is 5.24. The van der Waals surface area contributed by atoms with Gasteiger partial charge in [0.25, 0.3) is 0 Å². The zero-order valence-corrected chi connectivity index (χ0v) is 15.0. The number of rotatable bonds is 3. The van der Waals surface area contributed by atoms with Crippen LogP contribution >= 0.6 is 0 Å². The highest BCUT2D eigenvalue weighted by atomic mass is 32.2. The summed E-state index contributed by atoms with van der Waals surface area (Å²) < 4.78 is 38.8. The predicted molar refractivity (Wildman–Crippen MR) is 93.6 cm³/mol. The maximum Gasteiger partial charge on any atom is 0.146 e. The van der Waals surface area contributed by atoms with Crippen LogP contribution in [0.2, 0.25) is 0 Å². The second-order valence-electron chi connectivity index (χ2n) is 5.88. The molecule has 1 saturated heterocycles. The number of phenolic OH excluding ortho intramolecular Hbond substituents is 1. The van der Waals surface area contributed by atoms with Crippen LogP contribution in [0.5, 0.6) is 5.75 Å². The number of nitrogens with two attached hydrogens (primary N) is 1. The molecular formula is C17H18F2N4O3S. The van der Waals surface area contributed by atoms with E-state index in [4.69, 9.17) is 16.1 Å². The molecule has 0 spiro atoms. The molecule has 144 valence electrons. The summed E-state index contributed by atoms with van der Waals surface area (Å²) in [5, 5.41) is 27.1. The van der Waals surface area contributed by atoms with Gasteiger partial charge in [-0.05, 0) is 30.7 Å². The van der Waals surface area contributed by atoms with Gasteiger partial charge in [0.05, 0.1) is 17.4 Å². The summed E-state index contributed by atoms with van der Waals surface area (Å²) in [7, 11) is -1.48. The zero-order valence-electron chi connectivity index (χ0n) is 14.2. The molecule has 1 fully saturated rings. The number of halogens is 2. The van der Waals surface area contributed by atoms with Crippen molar-refractivity contribution in [3.8, 4) is 11.8 Å². The first kappa shape index (κ1) is 20.9. The highest BCUT2D eigenvalue weighted by Gasteiger charge is 2.37. The van der Waals surface area contributed by atoms with Crippen LogP contribution in [0.1, 0.15) is 12.0 Å². The molecule has 1 aromatic carbocycles. The largest absolute Gasteiger partial charge is 0.508 e. The van der Waals surface area contributed by atoms with Crippen molar-refractivity contribution in [1.82, 2.24) is 9.29 Å². The molecule has 2 unspecified atom stereocenters. The Morgan fingerprint density at radius 2 is 2.11 bits per heavy atom. The fourth-order valence-corrected chi connectivity index (χ4v) is 3.53. The number of aromatic hydroxyl groups is 1. The third kappa shape index (κ3) is 5.51. The smallest absolute Gasteiger partial charge is 0.146 e. The van der Waals surface area contributed by atoms with Crippen LogP contribution in [0.4, 0.5) is 8.78 Å². The number of phenols is 1. The molecule has 0 saturated carbocycles. The molecule has 1 aliphatic heterocycles. The van der Waals surface area contributed by atoms with E-state index in [2.05, 4.69) is 4.98 Å². The van der Waals surface area contributed by atoms with Gasteiger partial charge in [0.15, 0.2) is 0 Å². The number of aromatic nitrogens is 1. The lowest BCUT2D eigenvalue weighted by Crippen LogP contribution is -2.40. The average molecular weight is 396 g/mol. The first-order chi connectivity index (χ1) is 12.8. The number of β-amino-alcohol motifs (C(OH)–C–C–N with tert-alkyl or cyclic N) is 1. The molecule has 4 N–H and O–H groups in total. The lowest BCUT2D eigenvalue weighted by atomic mass is 10.1. The monoisotopic (exact) mass is 396 g/mol. The summed E-state index contributed by atoms with van der Waals surface area (Å²) in [6.45, 7) is 0.867. The molecule has 27 heavy (non-hydrogen) atoms. The Morgan fingerprint density at radius 1 is 1.37 bits per heavy atom.